The first kappa shape index (κ1) is 11.5. The predicted molar refractivity (Wildman–Crippen MR) is 75.0 cm³/mol. The molecule has 0 amide bonds. The topological polar surface area (TPSA) is 21.3 Å². The fraction of sp³-hybridized carbons (Fsp3) is 0.375. The Labute approximate surface area is 108 Å². The Morgan fingerprint density at radius 2 is 2.00 bits per heavy atom. The third-order valence-electron chi connectivity index (χ3n) is 3.61. The number of piperidine rings is 1. The summed E-state index contributed by atoms with van der Waals surface area (Å²) in [6.07, 6.45) is 2.55. The lowest BCUT2D eigenvalue weighted by Crippen LogP contribution is -2.33. The van der Waals surface area contributed by atoms with Crippen LogP contribution in [0.3, 0.4) is 0 Å². The van der Waals surface area contributed by atoms with E-state index in [1.807, 2.05) is 0 Å². The molecule has 1 atom stereocenters. The van der Waals surface area contributed by atoms with E-state index in [-0.39, 0.29) is 0 Å². The monoisotopic (exact) mass is 241 g/mol. The minimum atomic E-state index is 0.658. The number of benzene rings is 2. The summed E-state index contributed by atoms with van der Waals surface area (Å²) < 4.78 is 5.91. The molecule has 0 aromatic heterocycles. The van der Waals surface area contributed by atoms with Crippen LogP contribution in [-0.4, -0.2) is 19.7 Å². The second kappa shape index (κ2) is 5.40. The van der Waals surface area contributed by atoms with E-state index in [2.05, 4.69) is 47.8 Å². The lowest BCUT2D eigenvalue weighted by Gasteiger charge is -2.22. The third-order valence-corrected chi connectivity index (χ3v) is 3.61. The standard InChI is InChI=1S/C16H19NO/c1-2-6-15-10-16(8-7-14(15)5-1)18-12-13-4-3-9-17-11-13/h1-2,5-8,10,13,17H,3-4,9,11-12H2. The van der Waals surface area contributed by atoms with E-state index in [0.717, 1.165) is 25.4 Å². The maximum atomic E-state index is 5.91. The number of hydrogen-bond donors (Lipinski definition) is 1. The van der Waals surface area contributed by atoms with E-state index in [1.165, 1.54) is 23.6 Å². The highest BCUT2D eigenvalue weighted by Crippen LogP contribution is 2.21. The summed E-state index contributed by atoms with van der Waals surface area (Å²) in [6.45, 7) is 3.07. The van der Waals surface area contributed by atoms with Gasteiger partial charge in [-0.15, -0.1) is 0 Å². The van der Waals surface area contributed by atoms with Crippen LogP contribution in [0.4, 0.5) is 0 Å². The van der Waals surface area contributed by atoms with Gasteiger partial charge in [0.15, 0.2) is 0 Å². The van der Waals surface area contributed by atoms with Crippen molar-refractivity contribution < 1.29 is 4.74 Å². The molecule has 1 saturated heterocycles. The van der Waals surface area contributed by atoms with Crippen LogP contribution in [0.15, 0.2) is 42.5 Å². The minimum Gasteiger partial charge on any atom is -0.493 e. The first-order chi connectivity index (χ1) is 8.92. The van der Waals surface area contributed by atoms with Crippen LogP contribution >= 0.6 is 0 Å². The normalized spacial score (nSPS) is 19.9. The van der Waals surface area contributed by atoms with E-state index < -0.39 is 0 Å². The summed E-state index contributed by atoms with van der Waals surface area (Å²) in [5.41, 5.74) is 0. The van der Waals surface area contributed by atoms with Crippen molar-refractivity contribution in [3.8, 4) is 5.75 Å². The van der Waals surface area contributed by atoms with Crippen molar-refractivity contribution >= 4 is 10.8 Å². The molecule has 1 unspecified atom stereocenters. The molecule has 2 nitrogen and oxygen atoms in total. The van der Waals surface area contributed by atoms with Crippen molar-refractivity contribution in [2.75, 3.05) is 19.7 Å². The lowest BCUT2D eigenvalue weighted by atomic mass is 10.0. The Morgan fingerprint density at radius 1 is 1.11 bits per heavy atom. The van der Waals surface area contributed by atoms with Crippen LogP contribution in [0.2, 0.25) is 0 Å². The van der Waals surface area contributed by atoms with Gasteiger partial charge in [0.25, 0.3) is 0 Å². The average molecular weight is 241 g/mol. The van der Waals surface area contributed by atoms with Crippen LogP contribution in [0, 0.1) is 5.92 Å². The molecule has 3 rings (SSSR count). The quantitative estimate of drug-likeness (QED) is 0.891. The maximum Gasteiger partial charge on any atom is 0.119 e. The molecule has 1 N–H and O–H groups in total. The largest absolute Gasteiger partial charge is 0.493 e. The molecule has 1 fully saturated rings. The Kier molecular flexibility index (Phi) is 3.47. The summed E-state index contributed by atoms with van der Waals surface area (Å²) in [4.78, 5) is 0. The number of fused-ring (bicyclic) bond motifs is 1. The van der Waals surface area contributed by atoms with Crippen LogP contribution in [0.5, 0.6) is 5.75 Å². The lowest BCUT2D eigenvalue weighted by molar-refractivity contribution is 0.218. The van der Waals surface area contributed by atoms with Crippen molar-refractivity contribution in [1.29, 1.82) is 0 Å². The van der Waals surface area contributed by atoms with E-state index in [0.29, 0.717) is 5.92 Å². The summed E-state index contributed by atoms with van der Waals surface area (Å²) in [5, 5.41) is 5.94. The highest BCUT2D eigenvalue weighted by atomic mass is 16.5. The van der Waals surface area contributed by atoms with Gasteiger partial charge in [0.05, 0.1) is 6.61 Å². The molecular formula is C16H19NO. The van der Waals surface area contributed by atoms with Crippen LogP contribution in [-0.2, 0) is 0 Å². The van der Waals surface area contributed by atoms with E-state index in [4.69, 9.17) is 4.74 Å². The number of hydrogen-bond acceptors (Lipinski definition) is 2. The molecule has 18 heavy (non-hydrogen) atoms. The Morgan fingerprint density at radius 3 is 2.83 bits per heavy atom. The zero-order valence-electron chi connectivity index (χ0n) is 10.6. The molecule has 0 saturated carbocycles. The van der Waals surface area contributed by atoms with E-state index >= 15 is 0 Å². The van der Waals surface area contributed by atoms with Gasteiger partial charge >= 0.3 is 0 Å². The van der Waals surface area contributed by atoms with Crippen molar-refractivity contribution in [1.82, 2.24) is 5.32 Å². The van der Waals surface area contributed by atoms with Crippen LogP contribution < -0.4 is 10.1 Å². The van der Waals surface area contributed by atoms with Crippen molar-refractivity contribution in [3.05, 3.63) is 42.5 Å². The maximum absolute atomic E-state index is 5.91. The summed E-state index contributed by atoms with van der Waals surface area (Å²) in [7, 11) is 0. The van der Waals surface area contributed by atoms with E-state index in [9.17, 15) is 0 Å². The molecular weight excluding hydrogens is 222 g/mol. The second-order valence-electron chi connectivity index (χ2n) is 5.03. The molecule has 0 radical (unpaired) electrons. The van der Waals surface area contributed by atoms with E-state index in [1.54, 1.807) is 0 Å². The van der Waals surface area contributed by atoms with Crippen LogP contribution in [0.1, 0.15) is 12.8 Å². The zero-order valence-corrected chi connectivity index (χ0v) is 10.6. The molecule has 94 valence electrons. The number of rotatable bonds is 3. The fourth-order valence-corrected chi connectivity index (χ4v) is 2.54. The smallest absolute Gasteiger partial charge is 0.119 e. The SMILES string of the molecule is c1ccc2cc(OCC3CCCNC3)ccc2c1. The van der Waals surface area contributed by atoms with Gasteiger partial charge in [-0.1, -0.05) is 30.3 Å². The van der Waals surface area contributed by atoms with Crippen LogP contribution in [0.25, 0.3) is 10.8 Å². The summed E-state index contributed by atoms with van der Waals surface area (Å²) in [6, 6.07) is 14.7. The number of ether oxygens (including phenoxy) is 1. The van der Waals surface area contributed by atoms with Gasteiger partial charge in [-0.05, 0) is 42.3 Å². The van der Waals surface area contributed by atoms with Gasteiger partial charge in [-0.3, -0.25) is 0 Å². The molecule has 0 aliphatic carbocycles. The Hall–Kier alpha value is -1.54. The molecule has 2 aromatic carbocycles. The Balaban J connectivity index is 1.66. The van der Waals surface area contributed by atoms with Gasteiger partial charge in [0, 0.05) is 12.5 Å². The Bertz CT molecular complexity index is 517. The summed E-state index contributed by atoms with van der Waals surface area (Å²) >= 11 is 0. The fourth-order valence-electron chi connectivity index (χ4n) is 2.54. The first-order valence-corrected chi connectivity index (χ1v) is 6.74. The molecule has 2 aromatic rings. The zero-order chi connectivity index (χ0) is 12.2. The highest BCUT2D eigenvalue weighted by molar-refractivity contribution is 5.83. The second-order valence-corrected chi connectivity index (χ2v) is 5.03. The first-order valence-electron chi connectivity index (χ1n) is 6.74. The third kappa shape index (κ3) is 2.65. The molecule has 1 aliphatic heterocycles. The van der Waals surface area contributed by atoms with Crippen molar-refractivity contribution in [2.24, 2.45) is 5.92 Å². The van der Waals surface area contributed by atoms with Gasteiger partial charge < -0.3 is 10.1 Å². The molecule has 1 aliphatic rings. The average Bonchev–Trinajstić information content (AvgIpc) is 2.46. The highest BCUT2D eigenvalue weighted by Gasteiger charge is 2.13. The van der Waals surface area contributed by atoms with Gasteiger partial charge in [-0.25, -0.2) is 0 Å². The minimum absolute atomic E-state index is 0.658. The van der Waals surface area contributed by atoms with Gasteiger partial charge in [-0.2, -0.15) is 0 Å². The van der Waals surface area contributed by atoms with Gasteiger partial charge in [0.1, 0.15) is 5.75 Å². The molecule has 0 bridgehead atoms. The van der Waals surface area contributed by atoms with Crippen molar-refractivity contribution in [2.45, 2.75) is 12.8 Å². The predicted octanol–water partition coefficient (Wildman–Crippen LogP) is 3.22. The summed E-state index contributed by atoms with van der Waals surface area (Å²) in [5.74, 6) is 1.64. The number of nitrogens with one attached hydrogen (secondary N) is 1. The van der Waals surface area contributed by atoms with Crippen molar-refractivity contribution in [3.63, 3.8) is 0 Å². The molecule has 0 spiro atoms. The molecule has 1 heterocycles. The van der Waals surface area contributed by atoms with Gasteiger partial charge in [0.2, 0.25) is 0 Å². The molecule has 2 heteroatoms.